The van der Waals surface area contributed by atoms with Crippen LogP contribution in [0.1, 0.15) is 0 Å². The Hall–Kier alpha value is -0.640. The first-order chi connectivity index (χ1) is 3.29. The van der Waals surface area contributed by atoms with Crippen LogP contribution in [0.3, 0.4) is 0 Å². The maximum absolute atomic E-state index is 8.41. The van der Waals surface area contributed by atoms with Gasteiger partial charge < -0.3 is 5.21 Å². The molecule has 1 heterocycles. The molecular formula is C3H4N2OS. The summed E-state index contributed by atoms with van der Waals surface area (Å²) in [5.74, 6) is 0. The molecule has 0 atom stereocenters. The Morgan fingerprint density at radius 3 is 2.71 bits per heavy atom. The van der Waals surface area contributed by atoms with Crippen molar-refractivity contribution in [2.45, 2.75) is 4.90 Å². The fraction of sp³-hybridized carbons (Fsp3) is 0. The maximum Gasteiger partial charge on any atom is 0.0797 e. The first-order valence-corrected chi connectivity index (χ1v) is 2.16. The first-order valence-electron chi connectivity index (χ1n) is 1.72. The van der Waals surface area contributed by atoms with Crippen molar-refractivity contribution in [2.75, 3.05) is 0 Å². The van der Waals surface area contributed by atoms with E-state index >= 15 is 0 Å². The summed E-state index contributed by atoms with van der Waals surface area (Å²) in [6.45, 7) is 0. The molecule has 0 aliphatic carbocycles. The van der Waals surface area contributed by atoms with E-state index in [1.165, 1.54) is 12.4 Å². The van der Waals surface area contributed by atoms with Crippen LogP contribution in [-0.2, 0) is 0 Å². The molecule has 1 rings (SSSR count). The number of nitrogens with zero attached hydrogens (tertiary/aromatic N) is 2. The molecule has 0 unspecified atom stereocenters. The first kappa shape index (κ1) is 4.52. The summed E-state index contributed by atoms with van der Waals surface area (Å²) < 4.78 is 0. The van der Waals surface area contributed by atoms with Crippen LogP contribution in [0.2, 0.25) is 0 Å². The van der Waals surface area contributed by atoms with Crippen LogP contribution in [0.25, 0.3) is 0 Å². The van der Waals surface area contributed by atoms with Gasteiger partial charge in [0.15, 0.2) is 0 Å². The van der Waals surface area contributed by atoms with Crippen molar-refractivity contribution in [3.8, 4) is 0 Å². The van der Waals surface area contributed by atoms with Gasteiger partial charge in [-0.25, -0.2) is 0 Å². The van der Waals surface area contributed by atoms with Crippen molar-refractivity contribution in [3.63, 3.8) is 0 Å². The highest BCUT2D eigenvalue weighted by Gasteiger charge is 1.85. The summed E-state index contributed by atoms with van der Waals surface area (Å²) >= 11 is 3.86. The Morgan fingerprint density at radius 2 is 2.57 bits per heavy atom. The van der Waals surface area contributed by atoms with Crippen LogP contribution < -0.4 is 0 Å². The number of hydrogen-bond acceptors (Lipinski definition) is 3. The van der Waals surface area contributed by atoms with E-state index in [1.807, 2.05) is 0 Å². The van der Waals surface area contributed by atoms with Crippen LogP contribution in [0.15, 0.2) is 17.3 Å². The quantitative estimate of drug-likeness (QED) is 0.380. The van der Waals surface area contributed by atoms with Crippen molar-refractivity contribution < 1.29 is 5.21 Å². The van der Waals surface area contributed by atoms with Gasteiger partial charge in [-0.1, -0.05) is 0 Å². The molecule has 1 aromatic rings. The lowest BCUT2D eigenvalue weighted by Crippen LogP contribution is -1.86. The van der Waals surface area contributed by atoms with Crippen molar-refractivity contribution in [1.82, 2.24) is 9.94 Å². The smallest absolute Gasteiger partial charge is 0.0797 e. The monoisotopic (exact) mass is 116 g/mol. The molecule has 1 N–H and O–H groups in total. The van der Waals surface area contributed by atoms with Gasteiger partial charge in [0.1, 0.15) is 0 Å². The fourth-order valence-electron chi connectivity index (χ4n) is 0.303. The SMILES string of the molecule is On1cc(S)cn1. The second-order valence-electron chi connectivity index (χ2n) is 1.12. The molecule has 0 bridgehead atoms. The molecule has 0 aromatic carbocycles. The summed E-state index contributed by atoms with van der Waals surface area (Å²) in [6, 6.07) is 0. The van der Waals surface area contributed by atoms with E-state index in [9.17, 15) is 0 Å². The molecule has 0 fully saturated rings. The topological polar surface area (TPSA) is 38.0 Å². The van der Waals surface area contributed by atoms with Gasteiger partial charge in [-0.15, -0.1) is 22.6 Å². The zero-order valence-electron chi connectivity index (χ0n) is 3.44. The molecule has 0 amide bonds. The summed E-state index contributed by atoms with van der Waals surface area (Å²) in [4.78, 5) is 1.37. The van der Waals surface area contributed by atoms with E-state index in [-0.39, 0.29) is 0 Å². The summed E-state index contributed by atoms with van der Waals surface area (Å²) in [6.07, 6.45) is 2.84. The highest BCUT2D eigenvalue weighted by molar-refractivity contribution is 7.80. The molecule has 38 valence electrons. The van der Waals surface area contributed by atoms with Gasteiger partial charge in [0, 0.05) is 4.90 Å². The number of hydrogen-bond donors (Lipinski definition) is 2. The van der Waals surface area contributed by atoms with Crippen molar-refractivity contribution in [2.24, 2.45) is 0 Å². The van der Waals surface area contributed by atoms with E-state index < -0.39 is 0 Å². The average molecular weight is 116 g/mol. The van der Waals surface area contributed by atoms with E-state index in [1.54, 1.807) is 0 Å². The number of rotatable bonds is 0. The minimum absolute atomic E-state index is 0.655. The second kappa shape index (κ2) is 1.46. The molecule has 0 aliphatic rings. The van der Waals surface area contributed by atoms with E-state index in [2.05, 4.69) is 17.7 Å². The third-order valence-electron chi connectivity index (χ3n) is 0.556. The van der Waals surface area contributed by atoms with Gasteiger partial charge in [-0.3, -0.25) is 0 Å². The van der Waals surface area contributed by atoms with Crippen LogP contribution in [0.4, 0.5) is 0 Å². The normalized spacial score (nSPS) is 9.29. The largest absolute Gasteiger partial charge is 0.412 e. The third kappa shape index (κ3) is 0.866. The minimum atomic E-state index is 0.655. The predicted octanol–water partition coefficient (Wildman–Crippen LogP) is 0.409. The number of thiol groups is 1. The van der Waals surface area contributed by atoms with Crippen LogP contribution in [-0.4, -0.2) is 15.2 Å². The lowest BCUT2D eigenvalue weighted by molar-refractivity contribution is 0.148. The van der Waals surface area contributed by atoms with Crippen LogP contribution in [0.5, 0.6) is 0 Å². The number of aromatic nitrogens is 2. The van der Waals surface area contributed by atoms with Gasteiger partial charge >= 0.3 is 0 Å². The summed E-state index contributed by atoms with van der Waals surface area (Å²) in [5, 5.41) is 11.8. The van der Waals surface area contributed by atoms with Crippen LogP contribution >= 0.6 is 12.6 Å². The molecule has 0 saturated carbocycles. The Labute approximate surface area is 45.9 Å². The molecular weight excluding hydrogens is 112 g/mol. The fourth-order valence-corrected chi connectivity index (χ4v) is 0.458. The Morgan fingerprint density at radius 1 is 1.86 bits per heavy atom. The van der Waals surface area contributed by atoms with Crippen molar-refractivity contribution in [3.05, 3.63) is 12.4 Å². The van der Waals surface area contributed by atoms with E-state index in [0.717, 1.165) is 0 Å². The lowest BCUT2D eigenvalue weighted by atomic mass is 10.7. The average Bonchev–Trinajstić information content (AvgIpc) is 1.87. The van der Waals surface area contributed by atoms with Crippen molar-refractivity contribution in [1.29, 1.82) is 0 Å². The minimum Gasteiger partial charge on any atom is -0.412 e. The molecule has 7 heavy (non-hydrogen) atoms. The highest BCUT2D eigenvalue weighted by Crippen LogP contribution is 1.98. The molecule has 0 saturated heterocycles. The lowest BCUT2D eigenvalue weighted by Gasteiger charge is -1.77. The molecule has 4 heteroatoms. The summed E-state index contributed by atoms with van der Waals surface area (Å²) in [5.41, 5.74) is 0. The molecule has 3 nitrogen and oxygen atoms in total. The van der Waals surface area contributed by atoms with Crippen LogP contribution in [0, 0.1) is 0 Å². The zero-order valence-corrected chi connectivity index (χ0v) is 4.34. The maximum atomic E-state index is 8.41. The molecule has 0 spiro atoms. The molecule has 1 aromatic heterocycles. The highest BCUT2D eigenvalue weighted by atomic mass is 32.1. The van der Waals surface area contributed by atoms with Gasteiger partial charge in [0.25, 0.3) is 0 Å². The Bertz CT molecular complexity index is 145. The standard InChI is InChI=1S/C3H4N2OS/c6-5-2-3(7)1-4-5/h1-2,6-7H. The van der Waals surface area contributed by atoms with Gasteiger partial charge in [0.2, 0.25) is 0 Å². The Balaban J connectivity index is 3.04. The Kier molecular flexibility index (Phi) is 0.941. The van der Waals surface area contributed by atoms with Gasteiger partial charge in [-0.05, 0) is 0 Å². The molecule has 0 aliphatic heterocycles. The van der Waals surface area contributed by atoms with E-state index in [0.29, 0.717) is 9.74 Å². The van der Waals surface area contributed by atoms with E-state index in [4.69, 9.17) is 5.21 Å². The van der Waals surface area contributed by atoms with Gasteiger partial charge in [-0.2, -0.15) is 0 Å². The third-order valence-corrected chi connectivity index (χ3v) is 0.787. The summed E-state index contributed by atoms with van der Waals surface area (Å²) in [7, 11) is 0. The second-order valence-corrected chi connectivity index (χ2v) is 1.64. The zero-order chi connectivity index (χ0) is 5.28. The predicted molar refractivity (Wildman–Crippen MR) is 26.7 cm³/mol. The van der Waals surface area contributed by atoms with Gasteiger partial charge in [0.05, 0.1) is 12.4 Å². The molecule has 0 radical (unpaired) electrons. The van der Waals surface area contributed by atoms with Crippen molar-refractivity contribution >= 4 is 12.6 Å².